The first-order valence-electron chi connectivity index (χ1n) is 0.236. The van der Waals surface area contributed by atoms with Gasteiger partial charge in [-0.15, -0.1) is 0 Å². The van der Waals surface area contributed by atoms with E-state index in [1.54, 1.807) is 0 Å². The van der Waals surface area contributed by atoms with Crippen molar-refractivity contribution in [2.45, 2.75) is 0 Å². The third kappa shape index (κ3) is 12.1. The van der Waals surface area contributed by atoms with Crippen LogP contribution in [0.25, 0.3) is 0 Å². The quantitative estimate of drug-likeness (QED) is 0.352. The van der Waals surface area contributed by atoms with E-state index in [1.807, 2.05) is 0 Å². The van der Waals surface area contributed by atoms with Crippen LogP contribution in [0.3, 0.4) is 0 Å². The largest absolute Gasteiger partial charge is 0 e. The van der Waals surface area contributed by atoms with E-state index in [0.29, 0.717) is 0 Å². The summed E-state index contributed by atoms with van der Waals surface area (Å²) in [5, 5.41) is 0. The van der Waals surface area contributed by atoms with Gasteiger partial charge in [-0.05, 0) is 0 Å². The maximum absolute atomic E-state index is 7.75. The van der Waals surface area contributed by atoms with Crippen molar-refractivity contribution in [1.29, 1.82) is 0 Å². The summed E-state index contributed by atoms with van der Waals surface area (Å²) >= 11 is 0. The Labute approximate surface area is 48.6 Å². The van der Waals surface area contributed by atoms with Crippen LogP contribution >= 0.6 is 0 Å². The van der Waals surface area contributed by atoms with E-state index in [2.05, 4.69) is 7.72 Å². The van der Waals surface area contributed by atoms with Crippen molar-refractivity contribution < 1.29 is 21.8 Å². The molecule has 18 valence electrons. The van der Waals surface area contributed by atoms with Gasteiger partial charge in [-0.25, -0.2) is 0 Å². The molecule has 1 nitrogen and oxygen atoms in total. The second kappa shape index (κ2) is 36.7. The van der Waals surface area contributed by atoms with Crippen LogP contribution < -0.4 is 0 Å². The minimum absolute atomic E-state index is 0. The third-order valence-electron chi connectivity index (χ3n) is 0. The Morgan fingerprint density at radius 2 is 1.25 bits per heavy atom. The first-order chi connectivity index (χ1) is 1.00. The first-order valence-corrected chi connectivity index (χ1v) is 0.236. The molecule has 0 saturated carbocycles. The predicted octanol–water partition coefficient (Wildman–Crippen LogP) is -0.883. The molecule has 0 aliphatic rings. The monoisotopic (exact) mass is 90.0 g/mol. The Bertz CT molecular complexity index is 8.00. The van der Waals surface area contributed by atoms with E-state index >= 15 is 0 Å². The fourth-order valence-corrected chi connectivity index (χ4v) is 0. The molecule has 0 aromatic rings. The second-order valence-electron chi connectivity index (χ2n) is 0. The smallest absolute Gasteiger partial charge is 0 e. The average Bonchev–Trinajstić information content (AvgIpc) is 1.00. The summed E-state index contributed by atoms with van der Waals surface area (Å²) in [6.07, 6.45) is 0. The van der Waals surface area contributed by atoms with Gasteiger partial charge in [0.2, 0.25) is 0 Å². The van der Waals surface area contributed by atoms with Crippen molar-refractivity contribution in [3.8, 4) is 0 Å². The van der Waals surface area contributed by atoms with E-state index in [9.17, 15) is 0 Å². The molecular weight excluding hydrogens is 89.6 g/mol. The Balaban J connectivity index is -0.00000000500. The van der Waals surface area contributed by atoms with Gasteiger partial charge in [0, 0.05) is 35.9 Å². The summed E-state index contributed by atoms with van der Waals surface area (Å²) in [6.45, 7) is 0. The van der Waals surface area contributed by atoms with Crippen molar-refractivity contribution in [2.24, 2.45) is 0 Å². The van der Waals surface area contributed by atoms with Gasteiger partial charge in [-0.1, -0.05) is 0 Å². The Kier molecular flexibility index (Phi) is 185. The van der Waals surface area contributed by atoms with Crippen LogP contribution in [0.2, 0.25) is 0 Å². The van der Waals surface area contributed by atoms with Crippen molar-refractivity contribution in [3.05, 3.63) is 0 Å². The first kappa shape index (κ1) is 20.1. The summed E-state index contributed by atoms with van der Waals surface area (Å²) < 4.78 is 7.75. The van der Waals surface area contributed by atoms with Gasteiger partial charge in [0.25, 0.3) is 0 Å². The summed E-state index contributed by atoms with van der Waals surface area (Å²) in [4.78, 5) is 0. The van der Waals surface area contributed by atoms with Crippen molar-refractivity contribution in [1.82, 2.24) is 0 Å². The molecule has 0 atom stereocenters. The van der Waals surface area contributed by atoms with Gasteiger partial charge in [0.05, 0.1) is 0 Å². The van der Waals surface area contributed by atoms with Gasteiger partial charge in [-0.3, -0.25) is 0 Å². The third-order valence-corrected chi connectivity index (χ3v) is 0. The zero-order chi connectivity index (χ0) is 2.00. The molecule has 0 aliphatic heterocycles. The standard InChI is InChI=1S/BO.Fe.Li/c1-2;;. The summed E-state index contributed by atoms with van der Waals surface area (Å²) in [5.74, 6) is 0. The molecule has 0 unspecified atom stereocenters. The molecule has 0 N–H and O–H groups in total. The molecule has 0 bridgehead atoms. The van der Waals surface area contributed by atoms with Crippen molar-refractivity contribution in [2.75, 3.05) is 0 Å². The van der Waals surface area contributed by atoms with Crippen LogP contribution in [-0.2, 0) is 21.8 Å². The molecular formula is BFeLiO. The normalized spacial score (nSPS) is 0.750. The topological polar surface area (TPSA) is 17.1 Å². The zero-order valence-electron chi connectivity index (χ0n) is 2.34. The molecule has 0 heterocycles. The molecule has 2 radical (unpaired) electrons. The fraction of sp³-hybridized carbons (Fsp3) is 0. The molecule has 4 heteroatoms. The predicted molar refractivity (Wildman–Crippen MR) is 12.2 cm³/mol. The van der Waals surface area contributed by atoms with E-state index < -0.39 is 0 Å². The van der Waals surface area contributed by atoms with E-state index in [1.165, 1.54) is 0 Å². The maximum atomic E-state index is 7.75. The Hall–Kier alpha value is 0.982. The van der Waals surface area contributed by atoms with E-state index in [0.717, 1.165) is 0 Å². The summed E-state index contributed by atoms with van der Waals surface area (Å²) in [6, 6.07) is 0. The molecule has 0 saturated heterocycles. The van der Waals surface area contributed by atoms with Crippen LogP contribution in [0.1, 0.15) is 0 Å². The van der Waals surface area contributed by atoms with Crippen LogP contribution in [0.5, 0.6) is 0 Å². The van der Waals surface area contributed by atoms with Crippen LogP contribution in [0.4, 0.5) is 0 Å². The van der Waals surface area contributed by atoms with Crippen molar-refractivity contribution >= 4 is 26.6 Å². The number of rotatable bonds is 0. The van der Waals surface area contributed by atoms with Gasteiger partial charge < -0.3 is 0 Å². The number of hydrogen-bond donors (Lipinski definition) is 0. The average molecular weight is 89.6 g/mol. The minimum atomic E-state index is 0. The van der Waals surface area contributed by atoms with Crippen molar-refractivity contribution in [3.63, 3.8) is 0 Å². The molecule has 0 spiro atoms. The second-order valence-corrected chi connectivity index (χ2v) is 0. The molecule has 0 aromatic heterocycles. The Morgan fingerprint density at radius 3 is 1.25 bits per heavy atom. The summed E-state index contributed by atoms with van der Waals surface area (Å²) in [7, 11) is 3.25. The molecule has 4 heavy (non-hydrogen) atoms. The summed E-state index contributed by atoms with van der Waals surface area (Å²) in [5.41, 5.74) is 0. The molecule has 0 rings (SSSR count). The van der Waals surface area contributed by atoms with Gasteiger partial charge >= 0.3 is 12.4 Å². The van der Waals surface area contributed by atoms with Gasteiger partial charge in [-0.2, -0.15) is 0 Å². The molecule has 0 aromatic carbocycles. The Morgan fingerprint density at radius 1 is 1.25 bits per heavy atom. The maximum Gasteiger partial charge on any atom is 0 e. The van der Waals surface area contributed by atoms with E-state index in [-0.39, 0.29) is 35.9 Å². The fourth-order valence-electron chi connectivity index (χ4n) is 0. The van der Waals surface area contributed by atoms with Crippen LogP contribution in [0.15, 0.2) is 0 Å². The molecule has 0 fully saturated rings. The molecule has 0 aliphatic carbocycles. The minimum Gasteiger partial charge on any atom is 0 e. The van der Waals surface area contributed by atoms with Gasteiger partial charge in [0.15, 0.2) is 0 Å². The SMILES string of the molecule is [B]=O.[Fe].[Li]. The number of hydrogen-bond acceptors (Lipinski definition) is 1. The van der Waals surface area contributed by atoms with Crippen LogP contribution in [-0.4, -0.2) is 26.6 Å². The van der Waals surface area contributed by atoms with Gasteiger partial charge in [0.1, 0.15) is 0 Å². The zero-order valence-corrected chi connectivity index (χ0v) is 3.44. The molecule has 0 amide bonds. The van der Waals surface area contributed by atoms with E-state index in [4.69, 9.17) is 4.70 Å². The van der Waals surface area contributed by atoms with Crippen LogP contribution in [0, 0.1) is 0 Å².